The third-order valence-electron chi connectivity index (χ3n) is 7.95. The Balaban J connectivity index is 1.41. The number of pyridine rings is 1. The number of aliphatic imine (C=N–C) groups is 1. The SMILES string of the molecule is CC1(C)c2ccccc2-c2c1ccc(-c1cc3ccccc3c(C=Nc3cccc4cccc(O)c34)n1)c2O. The third-order valence-corrected chi connectivity index (χ3v) is 7.95. The number of aromatic hydroxyl groups is 2. The summed E-state index contributed by atoms with van der Waals surface area (Å²) in [5.74, 6) is 0.438. The van der Waals surface area contributed by atoms with Crippen molar-refractivity contribution in [1.29, 1.82) is 0 Å². The minimum absolute atomic E-state index is 0.193. The van der Waals surface area contributed by atoms with Gasteiger partial charge in [-0.15, -0.1) is 0 Å². The van der Waals surface area contributed by atoms with Crippen LogP contribution < -0.4 is 0 Å². The zero-order chi connectivity index (χ0) is 26.7. The zero-order valence-electron chi connectivity index (χ0n) is 21.7. The summed E-state index contributed by atoms with van der Waals surface area (Å²) in [7, 11) is 0. The van der Waals surface area contributed by atoms with Gasteiger partial charge in [-0.2, -0.15) is 0 Å². The minimum atomic E-state index is -0.194. The van der Waals surface area contributed by atoms with Gasteiger partial charge in [0.05, 0.1) is 23.3 Å². The van der Waals surface area contributed by atoms with Crippen molar-refractivity contribution in [3.8, 4) is 33.9 Å². The molecule has 4 heteroatoms. The van der Waals surface area contributed by atoms with Gasteiger partial charge in [0.25, 0.3) is 0 Å². The third kappa shape index (κ3) is 3.52. The molecule has 0 aliphatic heterocycles. The Morgan fingerprint density at radius 2 is 1.46 bits per heavy atom. The molecule has 7 rings (SSSR count). The lowest BCUT2D eigenvalue weighted by atomic mass is 9.82. The summed E-state index contributed by atoms with van der Waals surface area (Å²) in [5.41, 5.74) is 6.80. The predicted octanol–water partition coefficient (Wildman–Crippen LogP) is 8.52. The lowest BCUT2D eigenvalue weighted by molar-refractivity contribution is 0.478. The summed E-state index contributed by atoms with van der Waals surface area (Å²) in [6.07, 6.45) is 1.75. The first-order chi connectivity index (χ1) is 18.9. The highest BCUT2D eigenvalue weighted by Crippen LogP contribution is 2.54. The van der Waals surface area contributed by atoms with Gasteiger partial charge >= 0.3 is 0 Å². The molecule has 0 spiro atoms. The summed E-state index contributed by atoms with van der Waals surface area (Å²) in [5, 5.41) is 25.8. The number of phenolic OH excluding ortho intramolecular Hbond substituents is 2. The fourth-order valence-corrected chi connectivity index (χ4v) is 5.98. The minimum Gasteiger partial charge on any atom is -0.507 e. The largest absolute Gasteiger partial charge is 0.507 e. The van der Waals surface area contributed by atoms with E-state index in [-0.39, 0.29) is 16.9 Å². The van der Waals surface area contributed by atoms with E-state index >= 15 is 0 Å². The number of aromatic nitrogens is 1. The predicted molar refractivity (Wildman–Crippen MR) is 159 cm³/mol. The van der Waals surface area contributed by atoms with Crippen LogP contribution in [-0.4, -0.2) is 21.4 Å². The van der Waals surface area contributed by atoms with Crippen LogP contribution in [0.15, 0.2) is 108 Å². The maximum Gasteiger partial charge on any atom is 0.133 e. The van der Waals surface area contributed by atoms with E-state index in [1.54, 1.807) is 12.3 Å². The number of benzene rings is 5. The Morgan fingerprint density at radius 1 is 0.718 bits per heavy atom. The van der Waals surface area contributed by atoms with Crippen LogP contribution in [0.4, 0.5) is 5.69 Å². The first kappa shape index (κ1) is 23.2. The quantitative estimate of drug-likeness (QED) is 0.236. The molecule has 0 atom stereocenters. The molecule has 4 nitrogen and oxygen atoms in total. The standard InChI is InChI=1S/C35H26N2O2/c1-35(2)26-14-6-5-13-24(26)33-27(35)18-17-25(34(33)39)29-19-22-9-3-4-12-23(22)30(37-29)20-36-28-15-7-10-21-11-8-16-31(38)32(21)28/h3-20,38-39H,1-2H3. The van der Waals surface area contributed by atoms with Crippen LogP contribution in [0.2, 0.25) is 0 Å². The summed E-state index contributed by atoms with van der Waals surface area (Å²) in [6, 6.07) is 33.7. The van der Waals surface area contributed by atoms with Gasteiger partial charge < -0.3 is 10.2 Å². The Morgan fingerprint density at radius 3 is 2.33 bits per heavy atom. The van der Waals surface area contributed by atoms with Crippen molar-refractivity contribution in [1.82, 2.24) is 4.98 Å². The van der Waals surface area contributed by atoms with Crippen molar-refractivity contribution >= 4 is 33.4 Å². The van der Waals surface area contributed by atoms with Crippen molar-refractivity contribution in [2.24, 2.45) is 4.99 Å². The van der Waals surface area contributed by atoms with E-state index in [1.807, 2.05) is 72.8 Å². The van der Waals surface area contributed by atoms with Crippen molar-refractivity contribution in [3.05, 3.63) is 120 Å². The molecule has 2 N–H and O–H groups in total. The fourth-order valence-electron chi connectivity index (χ4n) is 5.98. The lowest BCUT2D eigenvalue weighted by Gasteiger charge is -2.21. The van der Waals surface area contributed by atoms with Crippen molar-refractivity contribution in [3.63, 3.8) is 0 Å². The van der Waals surface area contributed by atoms with Crippen LogP contribution >= 0.6 is 0 Å². The molecular weight excluding hydrogens is 480 g/mol. The Labute approximate surface area is 226 Å². The molecule has 1 aliphatic rings. The molecular formula is C35H26N2O2. The van der Waals surface area contributed by atoms with E-state index in [1.165, 1.54) is 5.56 Å². The molecule has 6 aromatic rings. The lowest BCUT2D eigenvalue weighted by Crippen LogP contribution is -2.14. The van der Waals surface area contributed by atoms with Gasteiger partial charge in [0.1, 0.15) is 11.5 Å². The molecule has 1 aliphatic carbocycles. The fraction of sp³-hybridized carbons (Fsp3) is 0.0857. The molecule has 0 saturated carbocycles. The van der Waals surface area contributed by atoms with Crippen LogP contribution in [0.5, 0.6) is 11.5 Å². The number of hydrogen-bond acceptors (Lipinski definition) is 4. The molecule has 5 aromatic carbocycles. The highest BCUT2D eigenvalue weighted by Gasteiger charge is 2.37. The van der Waals surface area contributed by atoms with Gasteiger partial charge in [-0.3, -0.25) is 4.99 Å². The highest BCUT2D eigenvalue weighted by atomic mass is 16.3. The van der Waals surface area contributed by atoms with Crippen molar-refractivity contribution in [2.45, 2.75) is 19.3 Å². The monoisotopic (exact) mass is 506 g/mol. The molecule has 1 heterocycles. The number of phenols is 2. The van der Waals surface area contributed by atoms with E-state index in [4.69, 9.17) is 9.98 Å². The smallest absolute Gasteiger partial charge is 0.133 e. The Kier molecular flexibility index (Phi) is 5.07. The van der Waals surface area contributed by atoms with Crippen LogP contribution in [0.25, 0.3) is 43.9 Å². The maximum atomic E-state index is 11.7. The molecule has 0 bridgehead atoms. The van der Waals surface area contributed by atoms with Crippen LogP contribution in [-0.2, 0) is 5.41 Å². The second-order valence-electron chi connectivity index (χ2n) is 10.6. The van der Waals surface area contributed by atoms with Gasteiger partial charge in [-0.05, 0) is 51.7 Å². The van der Waals surface area contributed by atoms with E-state index in [0.717, 1.165) is 32.8 Å². The van der Waals surface area contributed by atoms with E-state index in [9.17, 15) is 10.2 Å². The molecule has 188 valence electrons. The van der Waals surface area contributed by atoms with Gasteiger partial charge in [0, 0.05) is 27.3 Å². The van der Waals surface area contributed by atoms with E-state index in [0.29, 0.717) is 28.0 Å². The Hall–Kier alpha value is -4.96. The van der Waals surface area contributed by atoms with Crippen LogP contribution in [0.1, 0.15) is 30.7 Å². The van der Waals surface area contributed by atoms with Crippen molar-refractivity contribution in [2.75, 3.05) is 0 Å². The maximum absolute atomic E-state index is 11.7. The van der Waals surface area contributed by atoms with E-state index < -0.39 is 0 Å². The normalized spacial score (nSPS) is 13.7. The number of rotatable bonds is 3. The van der Waals surface area contributed by atoms with Gasteiger partial charge in [-0.1, -0.05) is 92.7 Å². The molecule has 0 radical (unpaired) electrons. The average Bonchev–Trinajstić information content (AvgIpc) is 3.19. The Bertz CT molecular complexity index is 1970. The van der Waals surface area contributed by atoms with Crippen LogP contribution in [0.3, 0.4) is 0 Å². The highest BCUT2D eigenvalue weighted by molar-refractivity contribution is 6.03. The van der Waals surface area contributed by atoms with Crippen molar-refractivity contribution < 1.29 is 10.2 Å². The zero-order valence-corrected chi connectivity index (χ0v) is 21.7. The topological polar surface area (TPSA) is 65.7 Å². The van der Waals surface area contributed by atoms with Gasteiger partial charge in [0.15, 0.2) is 0 Å². The summed E-state index contributed by atoms with van der Waals surface area (Å²) < 4.78 is 0. The second kappa shape index (κ2) is 8.53. The first-order valence-electron chi connectivity index (χ1n) is 13.0. The molecule has 0 saturated heterocycles. The molecule has 1 aromatic heterocycles. The summed E-state index contributed by atoms with van der Waals surface area (Å²) >= 11 is 0. The molecule has 0 fully saturated rings. The second-order valence-corrected chi connectivity index (χ2v) is 10.6. The molecule has 0 unspecified atom stereocenters. The van der Waals surface area contributed by atoms with Gasteiger partial charge in [0.2, 0.25) is 0 Å². The molecule has 39 heavy (non-hydrogen) atoms. The average molecular weight is 507 g/mol. The first-order valence-corrected chi connectivity index (χ1v) is 13.0. The number of nitrogens with zero attached hydrogens (tertiary/aromatic N) is 2. The van der Waals surface area contributed by atoms with Crippen LogP contribution in [0, 0.1) is 0 Å². The summed E-state index contributed by atoms with van der Waals surface area (Å²) in [4.78, 5) is 9.76. The summed E-state index contributed by atoms with van der Waals surface area (Å²) in [6.45, 7) is 4.40. The molecule has 0 amide bonds. The van der Waals surface area contributed by atoms with Gasteiger partial charge in [-0.25, -0.2) is 4.98 Å². The number of hydrogen-bond donors (Lipinski definition) is 2. The number of fused-ring (bicyclic) bond motifs is 5. The van der Waals surface area contributed by atoms with E-state index in [2.05, 4.69) is 38.1 Å².